The molecule has 6 nitrogen and oxygen atoms in total. The van der Waals surface area contributed by atoms with E-state index in [1.54, 1.807) is 0 Å². The van der Waals surface area contributed by atoms with Crippen LogP contribution in [0.25, 0.3) is 0 Å². The van der Waals surface area contributed by atoms with Crippen LogP contribution in [-0.4, -0.2) is 41.2 Å². The Morgan fingerprint density at radius 3 is 2.61 bits per heavy atom. The second kappa shape index (κ2) is 6.29. The molecule has 1 atom stereocenters. The highest BCUT2D eigenvalue weighted by atomic mass is 32.2. The SMILES string of the molecule is CC(C)Cn1ncnc1CNC(C)CS(C)(=O)=O. The van der Waals surface area contributed by atoms with Crippen molar-refractivity contribution in [3.8, 4) is 0 Å². The quantitative estimate of drug-likeness (QED) is 0.781. The van der Waals surface area contributed by atoms with E-state index in [2.05, 4.69) is 29.2 Å². The van der Waals surface area contributed by atoms with Crippen molar-refractivity contribution in [3.63, 3.8) is 0 Å². The van der Waals surface area contributed by atoms with E-state index in [9.17, 15) is 8.42 Å². The van der Waals surface area contributed by atoms with Gasteiger partial charge in [-0.2, -0.15) is 5.10 Å². The van der Waals surface area contributed by atoms with E-state index in [0.717, 1.165) is 12.4 Å². The minimum atomic E-state index is -2.95. The fraction of sp³-hybridized carbons (Fsp3) is 0.818. The van der Waals surface area contributed by atoms with Gasteiger partial charge in [0.1, 0.15) is 22.0 Å². The van der Waals surface area contributed by atoms with Gasteiger partial charge in [-0.25, -0.2) is 18.1 Å². The second-order valence-corrected chi connectivity index (χ2v) is 7.31. The average molecular weight is 274 g/mol. The Labute approximate surface area is 109 Å². The van der Waals surface area contributed by atoms with Gasteiger partial charge in [0.05, 0.1) is 12.3 Å². The number of rotatable bonds is 7. The minimum Gasteiger partial charge on any atom is -0.306 e. The molecule has 0 aliphatic carbocycles. The summed E-state index contributed by atoms with van der Waals surface area (Å²) in [4.78, 5) is 4.18. The third-order valence-electron chi connectivity index (χ3n) is 2.40. The Kier molecular flexibility index (Phi) is 5.28. The number of hydrogen-bond acceptors (Lipinski definition) is 5. The van der Waals surface area contributed by atoms with Crippen molar-refractivity contribution in [1.29, 1.82) is 0 Å². The second-order valence-electron chi connectivity index (χ2n) is 5.13. The maximum atomic E-state index is 11.1. The summed E-state index contributed by atoms with van der Waals surface area (Å²) in [6.07, 6.45) is 2.77. The van der Waals surface area contributed by atoms with Crippen molar-refractivity contribution >= 4 is 9.84 Å². The standard InChI is InChI=1S/C11H22N4O2S/c1-9(2)6-15-11(13-8-14-15)5-12-10(3)7-18(4,16)17/h8-10,12H,5-7H2,1-4H3. The number of nitrogens with zero attached hydrogens (tertiary/aromatic N) is 3. The summed E-state index contributed by atoms with van der Waals surface area (Å²) in [5, 5.41) is 7.31. The molecule has 0 aliphatic rings. The van der Waals surface area contributed by atoms with Crippen LogP contribution in [0.1, 0.15) is 26.6 Å². The molecule has 0 saturated carbocycles. The largest absolute Gasteiger partial charge is 0.306 e. The summed E-state index contributed by atoms with van der Waals surface area (Å²) in [5.41, 5.74) is 0. The van der Waals surface area contributed by atoms with Crippen LogP contribution in [0, 0.1) is 5.92 Å². The van der Waals surface area contributed by atoms with Crippen LogP contribution >= 0.6 is 0 Å². The van der Waals surface area contributed by atoms with E-state index in [1.165, 1.54) is 12.6 Å². The predicted octanol–water partition coefficient (Wildman–Crippen LogP) is 0.457. The van der Waals surface area contributed by atoms with Crippen molar-refractivity contribution in [2.75, 3.05) is 12.0 Å². The van der Waals surface area contributed by atoms with Gasteiger partial charge in [0.25, 0.3) is 0 Å². The van der Waals surface area contributed by atoms with E-state index in [1.807, 2.05) is 11.6 Å². The smallest absolute Gasteiger partial charge is 0.148 e. The van der Waals surface area contributed by atoms with Gasteiger partial charge >= 0.3 is 0 Å². The van der Waals surface area contributed by atoms with Crippen LogP contribution in [0.15, 0.2) is 6.33 Å². The molecule has 1 unspecified atom stereocenters. The first-order chi connectivity index (χ1) is 8.28. The molecule has 0 aromatic carbocycles. The summed E-state index contributed by atoms with van der Waals surface area (Å²) in [6, 6.07) is -0.0933. The van der Waals surface area contributed by atoms with Crippen molar-refractivity contribution in [2.45, 2.75) is 39.9 Å². The fourth-order valence-corrected chi connectivity index (χ4v) is 2.73. The molecular weight excluding hydrogens is 252 g/mol. The lowest BCUT2D eigenvalue weighted by Crippen LogP contribution is -2.33. The summed E-state index contributed by atoms with van der Waals surface area (Å²) in [5.74, 6) is 1.47. The third kappa shape index (κ3) is 5.59. The summed E-state index contributed by atoms with van der Waals surface area (Å²) < 4.78 is 24.1. The Hall–Kier alpha value is -0.950. The molecule has 1 aromatic heterocycles. The molecule has 0 spiro atoms. The molecule has 1 heterocycles. The number of hydrogen-bond donors (Lipinski definition) is 1. The van der Waals surface area contributed by atoms with Crippen molar-refractivity contribution in [2.24, 2.45) is 5.92 Å². The lowest BCUT2D eigenvalue weighted by atomic mass is 10.2. The third-order valence-corrected chi connectivity index (χ3v) is 3.50. The highest BCUT2D eigenvalue weighted by Gasteiger charge is 2.12. The normalized spacial score (nSPS) is 14.1. The topological polar surface area (TPSA) is 76.9 Å². The van der Waals surface area contributed by atoms with Crippen molar-refractivity contribution < 1.29 is 8.42 Å². The van der Waals surface area contributed by atoms with E-state index >= 15 is 0 Å². The van der Waals surface area contributed by atoms with Gasteiger partial charge in [0, 0.05) is 18.8 Å². The monoisotopic (exact) mass is 274 g/mol. The summed E-state index contributed by atoms with van der Waals surface area (Å²) in [7, 11) is -2.95. The van der Waals surface area contributed by atoms with E-state index < -0.39 is 9.84 Å². The molecule has 1 aromatic rings. The molecule has 1 N–H and O–H groups in total. The molecule has 0 fully saturated rings. The van der Waals surface area contributed by atoms with Gasteiger partial charge in [0.15, 0.2) is 0 Å². The number of nitrogens with one attached hydrogen (secondary N) is 1. The predicted molar refractivity (Wildman–Crippen MR) is 70.9 cm³/mol. The molecule has 0 radical (unpaired) electrons. The van der Waals surface area contributed by atoms with Crippen LogP contribution in [0.5, 0.6) is 0 Å². The summed E-state index contributed by atoms with van der Waals surface area (Å²) in [6.45, 7) is 7.43. The molecule has 7 heteroatoms. The summed E-state index contributed by atoms with van der Waals surface area (Å²) >= 11 is 0. The molecule has 0 saturated heterocycles. The van der Waals surface area contributed by atoms with Gasteiger partial charge in [-0.1, -0.05) is 13.8 Å². The average Bonchev–Trinajstić information content (AvgIpc) is 2.58. The van der Waals surface area contributed by atoms with Crippen molar-refractivity contribution in [1.82, 2.24) is 20.1 Å². The molecular formula is C11H22N4O2S. The van der Waals surface area contributed by atoms with Crippen LogP contribution in [-0.2, 0) is 22.9 Å². The maximum absolute atomic E-state index is 11.1. The zero-order valence-electron chi connectivity index (χ0n) is 11.4. The first kappa shape index (κ1) is 15.1. The zero-order valence-corrected chi connectivity index (χ0v) is 12.2. The van der Waals surface area contributed by atoms with Gasteiger partial charge in [-0.3, -0.25) is 0 Å². The first-order valence-electron chi connectivity index (χ1n) is 6.05. The van der Waals surface area contributed by atoms with Crippen LogP contribution in [0.2, 0.25) is 0 Å². The lowest BCUT2D eigenvalue weighted by Gasteiger charge is -2.13. The fourth-order valence-electron chi connectivity index (χ4n) is 1.70. The maximum Gasteiger partial charge on any atom is 0.148 e. The van der Waals surface area contributed by atoms with Gasteiger partial charge in [-0.15, -0.1) is 0 Å². The minimum absolute atomic E-state index is 0.0933. The highest BCUT2D eigenvalue weighted by Crippen LogP contribution is 2.01. The molecule has 1 rings (SSSR count). The van der Waals surface area contributed by atoms with Gasteiger partial charge in [-0.05, 0) is 12.8 Å². The van der Waals surface area contributed by atoms with Gasteiger partial charge in [0.2, 0.25) is 0 Å². The van der Waals surface area contributed by atoms with E-state index in [-0.39, 0.29) is 11.8 Å². The molecule has 104 valence electrons. The van der Waals surface area contributed by atoms with E-state index in [4.69, 9.17) is 0 Å². The molecule has 18 heavy (non-hydrogen) atoms. The number of sulfone groups is 1. The van der Waals surface area contributed by atoms with Crippen LogP contribution < -0.4 is 5.32 Å². The van der Waals surface area contributed by atoms with Crippen LogP contribution in [0.3, 0.4) is 0 Å². The van der Waals surface area contributed by atoms with E-state index in [0.29, 0.717) is 12.5 Å². The Morgan fingerprint density at radius 2 is 2.06 bits per heavy atom. The first-order valence-corrected chi connectivity index (χ1v) is 8.11. The van der Waals surface area contributed by atoms with Crippen LogP contribution in [0.4, 0.5) is 0 Å². The zero-order chi connectivity index (χ0) is 13.8. The van der Waals surface area contributed by atoms with Crippen molar-refractivity contribution in [3.05, 3.63) is 12.2 Å². The molecule has 0 bridgehead atoms. The Balaban J connectivity index is 2.51. The van der Waals surface area contributed by atoms with Gasteiger partial charge < -0.3 is 5.32 Å². The highest BCUT2D eigenvalue weighted by molar-refractivity contribution is 7.90. The Morgan fingerprint density at radius 1 is 1.39 bits per heavy atom. The molecule has 0 aliphatic heterocycles. The molecule has 0 amide bonds. The Bertz CT molecular complexity index is 467. The lowest BCUT2D eigenvalue weighted by molar-refractivity contribution is 0.451. The number of aromatic nitrogens is 3.